The topological polar surface area (TPSA) is 66.4 Å². The van der Waals surface area contributed by atoms with Gasteiger partial charge in [-0.05, 0) is 42.1 Å². The van der Waals surface area contributed by atoms with E-state index in [1.807, 2.05) is 18.4 Å². The van der Waals surface area contributed by atoms with Crippen molar-refractivity contribution in [2.75, 3.05) is 21.3 Å². The molecule has 0 fully saturated rings. The van der Waals surface area contributed by atoms with Crippen LogP contribution in [0.15, 0.2) is 34.3 Å². The van der Waals surface area contributed by atoms with Gasteiger partial charge in [-0.15, -0.1) is 11.3 Å². The van der Waals surface area contributed by atoms with Crippen LogP contribution in [-0.4, -0.2) is 33.2 Å². The van der Waals surface area contributed by atoms with Gasteiger partial charge in [-0.2, -0.15) is 0 Å². The van der Waals surface area contributed by atoms with Crippen LogP contribution in [0, 0.1) is 6.92 Å². The Labute approximate surface area is 149 Å². The van der Waals surface area contributed by atoms with E-state index in [-0.39, 0.29) is 11.6 Å². The van der Waals surface area contributed by atoms with E-state index in [0.29, 0.717) is 22.8 Å². The number of aliphatic imine (C=N–C) groups is 1. The molecule has 1 aromatic heterocycles. The molecule has 0 saturated carbocycles. The predicted octanol–water partition coefficient (Wildman–Crippen LogP) is 3.43. The molecular weight excluding hydrogens is 342 g/mol. The maximum Gasteiger partial charge on any atom is 0.363 e. The highest BCUT2D eigenvalue weighted by Crippen LogP contribution is 2.39. The molecular formula is C18H17NO5S. The van der Waals surface area contributed by atoms with E-state index < -0.39 is 5.97 Å². The normalized spacial score (nSPS) is 15.1. The van der Waals surface area contributed by atoms with Crippen molar-refractivity contribution >= 4 is 29.3 Å². The molecule has 3 rings (SSSR count). The summed E-state index contributed by atoms with van der Waals surface area (Å²) in [5.41, 5.74) is 1.91. The van der Waals surface area contributed by atoms with Gasteiger partial charge in [-0.3, -0.25) is 0 Å². The number of rotatable bonds is 5. The van der Waals surface area contributed by atoms with Crippen LogP contribution in [0.2, 0.25) is 0 Å². The van der Waals surface area contributed by atoms with Crippen LogP contribution < -0.4 is 14.2 Å². The van der Waals surface area contributed by atoms with E-state index in [9.17, 15) is 4.79 Å². The molecule has 6 nitrogen and oxygen atoms in total. The van der Waals surface area contributed by atoms with Crippen molar-refractivity contribution in [2.45, 2.75) is 6.92 Å². The van der Waals surface area contributed by atoms with Crippen LogP contribution >= 0.6 is 11.3 Å². The van der Waals surface area contributed by atoms with E-state index in [1.54, 1.807) is 29.5 Å². The molecule has 0 aliphatic carbocycles. The van der Waals surface area contributed by atoms with Crippen molar-refractivity contribution in [3.8, 4) is 17.2 Å². The first-order valence-corrected chi connectivity index (χ1v) is 8.32. The van der Waals surface area contributed by atoms with E-state index in [0.717, 1.165) is 10.4 Å². The fraction of sp³-hybridized carbons (Fsp3) is 0.222. The third-order valence-corrected chi connectivity index (χ3v) is 4.67. The third-order valence-electron chi connectivity index (χ3n) is 3.70. The summed E-state index contributed by atoms with van der Waals surface area (Å²) in [6.45, 7) is 1.98. The molecule has 25 heavy (non-hydrogen) atoms. The number of nitrogens with zero attached hydrogens (tertiary/aromatic N) is 1. The summed E-state index contributed by atoms with van der Waals surface area (Å²) in [7, 11) is 4.57. The van der Waals surface area contributed by atoms with Gasteiger partial charge in [0.05, 0.1) is 21.3 Å². The average molecular weight is 359 g/mol. The molecule has 1 aliphatic rings. The summed E-state index contributed by atoms with van der Waals surface area (Å²) in [4.78, 5) is 17.4. The number of hydrogen-bond donors (Lipinski definition) is 0. The minimum Gasteiger partial charge on any atom is -0.493 e. The highest BCUT2D eigenvalue weighted by molar-refractivity contribution is 7.11. The molecule has 0 N–H and O–H groups in total. The van der Waals surface area contributed by atoms with Crippen LogP contribution in [0.5, 0.6) is 17.2 Å². The Balaban J connectivity index is 2.02. The molecule has 2 heterocycles. The van der Waals surface area contributed by atoms with Gasteiger partial charge in [0.1, 0.15) is 0 Å². The molecule has 130 valence electrons. The Morgan fingerprint density at radius 2 is 1.80 bits per heavy atom. The van der Waals surface area contributed by atoms with Gasteiger partial charge in [0.15, 0.2) is 17.2 Å². The molecule has 0 bridgehead atoms. The monoisotopic (exact) mass is 359 g/mol. The van der Waals surface area contributed by atoms with Gasteiger partial charge in [0, 0.05) is 10.4 Å². The molecule has 0 radical (unpaired) electrons. The SMILES string of the molecule is COc1cc(C2=N/C(=C/c3sccc3C)C(=O)O2)cc(OC)c1OC. The Kier molecular flexibility index (Phi) is 4.76. The first-order chi connectivity index (χ1) is 12.1. The predicted molar refractivity (Wildman–Crippen MR) is 95.8 cm³/mol. The number of esters is 1. The smallest absolute Gasteiger partial charge is 0.363 e. The summed E-state index contributed by atoms with van der Waals surface area (Å²) in [5.74, 6) is 1.09. The van der Waals surface area contributed by atoms with Crippen LogP contribution in [-0.2, 0) is 9.53 Å². The average Bonchev–Trinajstić information content (AvgIpc) is 3.20. The van der Waals surface area contributed by atoms with Gasteiger partial charge < -0.3 is 18.9 Å². The zero-order valence-electron chi connectivity index (χ0n) is 14.3. The fourth-order valence-electron chi connectivity index (χ4n) is 2.39. The number of cyclic esters (lactones) is 1. The van der Waals surface area contributed by atoms with Gasteiger partial charge in [0.25, 0.3) is 0 Å². The first kappa shape index (κ1) is 17.0. The minimum atomic E-state index is -0.489. The molecule has 0 spiro atoms. The number of hydrogen-bond acceptors (Lipinski definition) is 7. The van der Waals surface area contributed by atoms with Crippen molar-refractivity contribution in [3.05, 3.63) is 45.3 Å². The van der Waals surface area contributed by atoms with Crippen molar-refractivity contribution in [1.82, 2.24) is 0 Å². The standard InChI is InChI=1S/C18H17NO5S/c1-10-5-6-25-15(10)9-12-18(20)24-17(19-12)11-7-13(21-2)16(23-4)14(8-11)22-3/h5-9H,1-4H3/b12-9+. The highest BCUT2D eigenvalue weighted by atomic mass is 32.1. The van der Waals surface area contributed by atoms with Gasteiger partial charge in [-0.25, -0.2) is 9.79 Å². The minimum absolute atomic E-state index is 0.199. The van der Waals surface area contributed by atoms with Gasteiger partial charge in [-0.1, -0.05) is 0 Å². The highest BCUT2D eigenvalue weighted by Gasteiger charge is 2.26. The number of benzene rings is 1. The lowest BCUT2D eigenvalue weighted by molar-refractivity contribution is -0.129. The lowest BCUT2D eigenvalue weighted by Crippen LogP contribution is -2.06. The zero-order chi connectivity index (χ0) is 18.0. The zero-order valence-corrected chi connectivity index (χ0v) is 15.1. The van der Waals surface area contributed by atoms with E-state index in [1.165, 1.54) is 21.3 Å². The number of carbonyl (C=O) groups excluding carboxylic acids is 1. The Bertz CT molecular complexity index is 856. The van der Waals surface area contributed by atoms with Crippen molar-refractivity contribution in [1.29, 1.82) is 0 Å². The van der Waals surface area contributed by atoms with Crippen LogP contribution in [0.25, 0.3) is 6.08 Å². The second-order valence-corrected chi connectivity index (χ2v) is 6.17. The second-order valence-electron chi connectivity index (χ2n) is 5.22. The summed E-state index contributed by atoms with van der Waals surface area (Å²) < 4.78 is 21.3. The molecule has 0 atom stereocenters. The first-order valence-electron chi connectivity index (χ1n) is 7.44. The molecule has 0 unspecified atom stereocenters. The quantitative estimate of drug-likeness (QED) is 0.604. The third kappa shape index (κ3) is 3.23. The molecule has 0 amide bonds. The number of ether oxygens (including phenoxy) is 4. The molecule has 0 saturated heterocycles. The molecule has 7 heteroatoms. The summed E-state index contributed by atoms with van der Waals surface area (Å²) in [6.07, 6.45) is 1.73. The molecule has 2 aromatic rings. The maximum absolute atomic E-state index is 12.1. The number of methoxy groups -OCH3 is 3. The number of aryl methyl sites for hydroxylation is 1. The van der Waals surface area contributed by atoms with Gasteiger partial charge >= 0.3 is 5.97 Å². The van der Waals surface area contributed by atoms with Crippen LogP contribution in [0.1, 0.15) is 16.0 Å². The number of thiophene rings is 1. The van der Waals surface area contributed by atoms with Crippen molar-refractivity contribution in [2.24, 2.45) is 4.99 Å². The number of carbonyl (C=O) groups is 1. The Morgan fingerprint density at radius 1 is 1.12 bits per heavy atom. The Hall–Kier alpha value is -2.80. The lowest BCUT2D eigenvalue weighted by atomic mass is 10.1. The maximum atomic E-state index is 12.1. The summed E-state index contributed by atoms with van der Waals surface area (Å²) in [6, 6.07) is 5.36. The van der Waals surface area contributed by atoms with Crippen molar-refractivity contribution < 1.29 is 23.7 Å². The van der Waals surface area contributed by atoms with E-state index in [4.69, 9.17) is 18.9 Å². The fourth-order valence-corrected chi connectivity index (χ4v) is 3.25. The van der Waals surface area contributed by atoms with Crippen molar-refractivity contribution in [3.63, 3.8) is 0 Å². The van der Waals surface area contributed by atoms with Crippen LogP contribution in [0.4, 0.5) is 0 Å². The molecule has 1 aromatic carbocycles. The van der Waals surface area contributed by atoms with E-state index in [2.05, 4.69) is 4.99 Å². The summed E-state index contributed by atoms with van der Waals surface area (Å²) >= 11 is 1.54. The largest absolute Gasteiger partial charge is 0.493 e. The van der Waals surface area contributed by atoms with Crippen LogP contribution in [0.3, 0.4) is 0 Å². The van der Waals surface area contributed by atoms with Gasteiger partial charge in [0.2, 0.25) is 11.6 Å². The summed E-state index contributed by atoms with van der Waals surface area (Å²) in [5, 5.41) is 1.96. The second kappa shape index (κ2) is 6.98. The van der Waals surface area contributed by atoms with E-state index >= 15 is 0 Å². The molecule has 1 aliphatic heterocycles. The lowest BCUT2D eigenvalue weighted by Gasteiger charge is -2.13. The Morgan fingerprint density at radius 3 is 2.32 bits per heavy atom.